The number of ether oxygens (including phenoxy) is 2. The van der Waals surface area contributed by atoms with Crippen molar-refractivity contribution in [3.05, 3.63) is 24.3 Å². The molecule has 1 atom stereocenters. The minimum Gasteiger partial charge on any atom is -0.462 e. The van der Waals surface area contributed by atoms with E-state index in [1.54, 1.807) is 0 Å². The molecule has 0 aliphatic heterocycles. The molecule has 7 heteroatoms. The fraction of sp³-hybridized carbons (Fsp3) is 0.860. The summed E-state index contributed by atoms with van der Waals surface area (Å²) >= 11 is 0. The molecule has 0 aromatic heterocycles. The summed E-state index contributed by atoms with van der Waals surface area (Å²) in [5.74, 6) is -0.342. The van der Waals surface area contributed by atoms with Crippen LogP contribution in [0.4, 0.5) is 0 Å². The Hall–Kier alpha value is -1.37. The van der Waals surface area contributed by atoms with Gasteiger partial charge < -0.3 is 20.1 Å². The number of allylic oxidation sites excluding steroid dienone is 4. The standard InChI is InChI=1S/C42H79NO4.CH5N.ClH/c1-5-7-9-11-13-15-17-19-21-23-25-27-29-31-33-35-41(44)46-39-40(37-38-43(3)4)47-42(45)36-34-32-30-28-26-24-22-20-18-16-14-12-10-8-6-2;1-2;/h19-22,40H,5-18,23-39H2,1-4H3;2H2,1H3;1H/b21-19-,22-20-;;. The van der Waals surface area contributed by atoms with Crippen molar-refractivity contribution >= 4 is 24.3 Å². The van der Waals surface area contributed by atoms with Gasteiger partial charge >= 0.3 is 11.9 Å². The second kappa shape index (κ2) is 45.7. The molecule has 6 nitrogen and oxygen atoms in total. The normalized spacial score (nSPS) is 11.8. The monoisotopic (exact) mass is 729 g/mol. The third kappa shape index (κ3) is 44.7. The number of halogens is 1. The number of hydrogen-bond acceptors (Lipinski definition) is 6. The zero-order chi connectivity index (χ0) is 36.5. The Balaban J connectivity index is -0.00000722. The van der Waals surface area contributed by atoms with Crippen molar-refractivity contribution in [3.8, 4) is 0 Å². The number of nitrogens with two attached hydrogens (primary N) is 1. The second-order valence-corrected chi connectivity index (χ2v) is 14.1. The number of nitrogens with zero attached hydrogens (tertiary/aromatic N) is 1. The summed E-state index contributed by atoms with van der Waals surface area (Å²) in [5, 5.41) is 0. The van der Waals surface area contributed by atoms with E-state index in [0.717, 1.165) is 45.1 Å². The number of rotatable bonds is 36. The lowest BCUT2D eigenvalue weighted by atomic mass is 10.1. The average Bonchev–Trinajstić information content (AvgIpc) is 3.10. The Labute approximate surface area is 317 Å². The van der Waals surface area contributed by atoms with Gasteiger partial charge in [0, 0.05) is 25.8 Å². The number of esters is 2. The van der Waals surface area contributed by atoms with Gasteiger partial charge in [-0.3, -0.25) is 9.59 Å². The third-order valence-electron chi connectivity index (χ3n) is 8.91. The van der Waals surface area contributed by atoms with Crippen LogP contribution in [0.25, 0.3) is 0 Å². The van der Waals surface area contributed by atoms with Crippen LogP contribution in [0.3, 0.4) is 0 Å². The maximum atomic E-state index is 12.5. The Morgan fingerprint density at radius 3 is 1.26 bits per heavy atom. The summed E-state index contributed by atoms with van der Waals surface area (Å²) in [6.07, 6.45) is 42.8. The SMILES string of the molecule is CCCCCCCC/C=C\CCCCCCCC(=O)OCC(CCN(C)C)OC(=O)CCCCCCC/C=C\CCCCCCCC.CN.Cl. The van der Waals surface area contributed by atoms with Crippen molar-refractivity contribution in [2.24, 2.45) is 5.73 Å². The molecule has 0 heterocycles. The number of carbonyl (C=O) groups is 2. The van der Waals surface area contributed by atoms with E-state index in [2.05, 4.69) is 48.8 Å². The van der Waals surface area contributed by atoms with Crippen molar-refractivity contribution in [2.75, 3.05) is 34.3 Å². The first kappa shape index (κ1) is 53.0. The third-order valence-corrected chi connectivity index (χ3v) is 8.91. The van der Waals surface area contributed by atoms with Crippen LogP contribution in [0.1, 0.15) is 200 Å². The quantitative estimate of drug-likeness (QED) is 0.0393. The molecule has 1 unspecified atom stereocenters. The molecule has 50 heavy (non-hydrogen) atoms. The Morgan fingerprint density at radius 2 is 0.880 bits per heavy atom. The Bertz CT molecular complexity index is 744. The molecule has 0 aromatic rings. The highest BCUT2D eigenvalue weighted by Crippen LogP contribution is 2.13. The lowest BCUT2D eigenvalue weighted by Gasteiger charge is -2.20. The molecule has 0 rings (SSSR count). The maximum Gasteiger partial charge on any atom is 0.306 e. The second-order valence-electron chi connectivity index (χ2n) is 14.1. The van der Waals surface area contributed by atoms with Crippen molar-refractivity contribution in [3.63, 3.8) is 0 Å². The highest BCUT2D eigenvalue weighted by molar-refractivity contribution is 5.85. The lowest BCUT2D eigenvalue weighted by molar-refractivity contribution is -0.159. The van der Waals surface area contributed by atoms with E-state index in [1.807, 2.05) is 14.1 Å². The van der Waals surface area contributed by atoms with Gasteiger partial charge in [0.05, 0.1) is 0 Å². The first-order chi connectivity index (χ1) is 24.0. The van der Waals surface area contributed by atoms with Crippen molar-refractivity contribution in [2.45, 2.75) is 206 Å². The number of carbonyl (C=O) groups excluding carboxylic acids is 2. The zero-order valence-electron chi connectivity index (χ0n) is 33.9. The predicted octanol–water partition coefficient (Wildman–Crippen LogP) is 12.5. The topological polar surface area (TPSA) is 81.9 Å². The highest BCUT2D eigenvalue weighted by Gasteiger charge is 2.17. The molecule has 0 aromatic carbocycles. The molecule has 0 aliphatic rings. The van der Waals surface area contributed by atoms with E-state index in [-0.39, 0.29) is 37.1 Å². The summed E-state index contributed by atoms with van der Waals surface area (Å²) in [4.78, 5) is 26.9. The Kier molecular flexibility index (Phi) is 48.4. The van der Waals surface area contributed by atoms with E-state index in [9.17, 15) is 9.59 Å². The summed E-state index contributed by atoms with van der Waals surface area (Å²) in [7, 11) is 5.51. The molecule has 0 spiro atoms. The van der Waals surface area contributed by atoms with Crippen LogP contribution in [0, 0.1) is 0 Å². The fourth-order valence-electron chi connectivity index (χ4n) is 5.76. The van der Waals surface area contributed by atoms with E-state index in [4.69, 9.17) is 9.47 Å². The molecule has 0 bridgehead atoms. The molecular weight excluding hydrogens is 644 g/mol. The van der Waals surface area contributed by atoms with Crippen LogP contribution in [0.15, 0.2) is 24.3 Å². The van der Waals surface area contributed by atoms with Crippen LogP contribution in [0.5, 0.6) is 0 Å². The molecule has 0 aliphatic carbocycles. The van der Waals surface area contributed by atoms with Crippen LogP contribution < -0.4 is 5.73 Å². The molecule has 0 fully saturated rings. The molecular formula is C43H85ClN2O4. The van der Waals surface area contributed by atoms with Crippen LogP contribution >= 0.6 is 12.4 Å². The molecule has 298 valence electrons. The maximum absolute atomic E-state index is 12.5. The van der Waals surface area contributed by atoms with Crippen LogP contribution in [-0.4, -0.2) is 57.2 Å². The van der Waals surface area contributed by atoms with Gasteiger partial charge in [-0.1, -0.05) is 141 Å². The van der Waals surface area contributed by atoms with Crippen molar-refractivity contribution in [1.82, 2.24) is 4.90 Å². The predicted molar refractivity (Wildman–Crippen MR) is 220 cm³/mol. The average molecular weight is 730 g/mol. The van der Waals surface area contributed by atoms with Gasteiger partial charge in [0.15, 0.2) is 0 Å². The van der Waals surface area contributed by atoms with Gasteiger partial charge in [-0.05, 0) is 85.4 Å². The first-order valence-corrected chi connectivity index (χ1v) is 20.9. The van der Waals surface area contributed by atoms with Crippen LogP contribution in [-0.2, 0) is 19.1 Å². The lowest BCUT2D eigenvalue weighted by Crippen LogP contribution is -2.29. The van der Waals surface area contributed by atoms with E-state index in [0.29, 0.717) is 19.3 Å². The molecule has 0 radical (unpaired) electrons. The fourth-order valence-corrected chi connectivity index (χ4v) is 5.76. The van der Waals surface area contributed by atoms with Crippen molar-refractivity contribution in [1.29, 1.82) is 0 Å². The van der Waals surface area contributed by atoms with Gasteiger partial charge in [-0.25, -0.2) is 0 Å². The van der Waals surface area contributed by atoms with E-state index in [1.165, 1.54) is 135 Å². The largest absolute Gasteiger partial charge is 0.462 e. The van der Waals surface area contributed by atoms with E-state index >= 15 is 0 Å². The number of unbranched alkanes of at least 4 members (excludes halogenated alkanes) is 22. The van der Waals surface area contributed by atoms with Gasteiger partial charge in [0.25, 0.3) is 0 Å². The molecule has 2 N–H and O–H groups in total. The van der Waals surface area contributed by atoms with Gasteiger partial charge in [-0.15, -0.1) is 12.4 Å². The highest BCUT2D eigenvalue weighted by atomic mass is 35.5. The minimum absolute atomic E-state index is 0. The smallest absolute Gasteiger partial charge is 0.306 e. The molecule has 0 saturated heterocycles. The summed E-state index contributed by atoms with van der Waals surface area (Å²) in [6.45, 7) is 5.49. The zero-order valence-corrected chi connectivity index (χ0v) is 34.7. The summed E-state index contributed by atoms with van der Waals surface area (Å²) < 4.78 is 11.3. The molecule has 0 saturated carbocycles. The van der Waals surface area contributed by atoms with E-state index < -0.39 is 0 Å². The van der Waals surface area contributed by atoms with Crippen LogP contribution in [0.2, 0.25) is 0 Å². The van der Waals surface area contributed by atoms with Gasteiger partial charge in [0.1, 0.15) is 12.7 Å². The summed E-state index contributed by atoms with van der Waals surface area (Å²) in [5.41, 5.74) is 4.50. The first-order valence-electron chi connectivity index (χ1n) is 20.9. The Morgan fingerprint density at radius 1 is 0.540 bits per heavy atom. The number of hydrogen-bond donors (Lipinski definition) is 1. The van der Waals surface area contributed by atoms with Gasteiger partial charge in [-0.2, -0.15) is 0 Å². The molecule has 0 amide bonds. The minimum atomic E-state index is -0.369. The van der Waals surface area contributed by atoms with Gasteiger partial charge in [0.2, 0.25) is 0 Å². The van der Waals surface area contributed by atoms with Crippen molar-refractivity contribution < 1.29 is 19.1 Å². The summed E-state index contributed by atoms with van der Waals surface area (Å²) in [6, 6.07) is 0.